The van der Waals surface area contributed by atoms with Crippen molar-refractivity contribution < 1.29 is 19.1 Å². The Kier molecular flexibility index (Phi) is 7.00. The Hall–Kier alpha value is -3.41. The molecule has 1 saturated heterocycles. The summed E-state index contributed by atoms with van der Waals surface area (Å²) < 4.78 is 5.78. The van der Waals surface area contributed by atoms with E-state index in [2.05, 4.69) is 4.90 Å². The van der Waals surface area contributed by atoms with E-state index in [9.17, 15) is 14.4 Å². The lowest BCUT2D eigenvalue weighted by molar-refractivity contribution is -0.148. The number of amides is 2. The Morgan fingerprint density at radius 1 is 0.938 bits per heavy atom. The molecule has 0 aromatic heterocycles. The highest BCUT2D eigenvalue weighted by atomic mass is 16.5. The molecular formula is C26H28N2O4. The number of ether oxygens (including phenoxy) is 1. The number of likely N-dealkylation sites (tertiary alicyclic amines) is 1. The highest BCUT2D eigenvalue weighted by Crippen LogP contribution is 2.35. The quantitative estimate of drug-likeness (QED) is 0.455. The number of imide groups is 1. The molecule has 2 aliphatic heterocycles. The monoisotopic (exact) mass is 432 g/mol. The fourth-order valence-corrected chi connectivity index (χ4v) is 4.28. The lowest BCUT2D eigenvalue weighted by atomic mass is 9.83. The minimum absolute atomic E-state index is 0.0396. The Morgan fingerprint density at radius 2 is 1.69 bits per heavy atom. The van der Waals surface area contributed by atoms with Crippen LogP contribution in [0.5, 0.6) is 0 Å². The average molecular weight is 433 g/mol. The summed E-state index contributed by atoms with van der Waals surface area (Å²) in [5.41, 5.74) is 1.79. The third-order valence-electron chi connectivity index (χ3n) is 5.96. The second-order valence-corrected chi connectivity index (χ2v) is 8.21. The van der Waals surface area contributed by atoms with E-state index < -0.39 is 0 Å². The molecule has 1 atom stereocenters. The van der Waals surface area contributed by atoms with Crippen molar-refractivity contribution in [2.24, 2.45) is 0 Å². The molecule has 0 N–H and O–H groups in total. The lowest BCUT2D eigenvalue weighted by Crippen LogP contribution is -2.40. The third kappa shape index (κ3) is 5.07. The van der Waals surface area contributed by atoms with Crippen LogP contribution in [0.1, 0.15) is 50.0 Å². The molecule has 1 aromatic rings. The van der Waals surface area contributed by atoms with Gasteiger partial charge in [-0.1, -0.05) is 42.5 Å². The van der Waals surface area contributed by atoms with Crippen LogP contribution in [-0.2, 0) is 19.1 Å². The number of unbranched alkanes of at least 4 members (excludes halogenated alkanes) is 2. The third-order valence-corrected chi connectivity index (χ3v) is 5.96. The minimum Gasteiger partial charge on any atom is -0.462 e. The van der Waals surface area contributed by atoms with Crippen LogP contribution < -0.4 is 0 Å². The molecule has 32 heavy (non-hydrogen) atoms. The van der Waals surface area contributed by atoms with Crippen LogP contribution in [0.3, 0.4) is 0 Å². The van der Waals surface area contributed by atoms with Gasteiger partial charge in [0.1, 0.15) is 12.0 Å². The summed E-state index contributed by atoms with van der Waals surface area (Å²) in [5, 5.41) is 0. The molecule has 0 bridgehead atoms. The van der Waals surface area contributed by atoms with E-state index in [1.54, 1.807) is 18.4 Å². The van der Waals surface area contributed by atoms with E-state index in [0.29, 0.717) is 31.6 Å². The van der Waals surface area contributed by atoms with Gasteiger partial charge in [-0.15, -0.1) is 0 Å². The molecule has 6 nitrogen and oxygen atoms in total. The van der Waals surface area contributed by atoms with Crippen molar-refractivity contribution in [3.63, 3.8) is 0 Å². The zero-order valence-electron chi connectivity index (χ0n) is 18.1. The van der Waals surface area contributed by atoms with Gasteiger partial charge in [-0.05, 0) is 37.3 Å². The van der Waals surface area contributed by atoms with Crippen LogP contribution in [0.25, 0.3) is 0 Å². The molecule has 2 heterocycles. The predicted molar refractivity (Wildman–Crippen MR) is 121 cm³/mol. The molecule has 6 heteroatoms. The molecule has 1 fully saturated rings. The van der Waals surface area contributed by atoms with E-state index in [0.717, 1.165) is 36.9 Å². The van der Waals surface area contributed by atoms with Crippen LogP contribution in [0.4, 0.5) is 0 Å². The Morgan fingerprint density at radius 3 is 2.47 bits per heavy atom. The molecule has 0 saturated carbocycles. The molecule has 1 aromatic carbocycles. The smallest absolute Gasteiger partial charge is 0.229 e. The topological polar surface area (TPSA) is 66.9 Å². The van der Waals surface area contributed by atoms with Crippen LogP contribution in [-0.4, -0.2) is 40.5 Å². The summed E-state index contributed by atoms with van der Waals surface area (Å²) in [6, 6.07) is 9.74. The van der Waals surface area contributed by atoms with Crippen molar-refractivity contribution in [3.8, 4) is 0 Å². The molecule has 3 aliphatic rings. The standard InChI is InChI=1S/C26H28N2O4/c29-22-12-7-11-21(26(22)20-9-3-1-4-10-20)23-19-27(17-18-32-23)15-5-2-6-16-28-24(30)13-8-14-25(28)31/h1,3-4,7,9-12,17-19,26H,2,5-6,8,13-16H2. The van der Waals surface area contributed by atoms with Crippen molar-refractivity contribution in [1.29, 1.82) is 0 Å². The van der Waals surface area contributed by atoms with Crippen LogP contribution >= 0.6 is 0 Å². The first-order valence-electron chi connectivity index (χ1n) is 11.2. The Balaban J connectivity index is 1.33. The van der Waals surface area contributed by atoms with Gasteiger partial charge in [0, 0.05) is 43.9 Å². The first-order chi connectivity index (χ1) is 15.6. The number of allylic oxidation sites excluding steroid dienone is 4. The van der Waals surface area contributed by atoms with E-state index in [1.807, 2.05) is 48.8 Å². The number of rotatable bonds is 8. The number of carbonyl (C=O) groups excluding carboxylic acids is 3. The molecule has 0 spiro atoms. The van der Waals surface area contributed by atoms with Crippen LogP contribution in [0.2, 0.25) is 0 Å². The second-order valence-electron chi connectivity index (χ2n) is 8.21. The number of carbonyl (C=O) groups is 3. The summed E-state index contributed by atoms with van der Waals surface area (Å²) in [5.74, 6) is 0.259. The maximum Gasteiger partial charge on any atom is 0.229 e. The van der Waals surface area contributed by atoms with Gasteiger partial charge in [0.05, 0.1) is 5.92 Å². The number of hydrogen-bond acceptors (Lipinski definition) is 5. The fraction of sp³-hybridized carbons (Fsp3) is 0.346. The van der Waals surface area contributed by atoms with Gasteiger partial charge in [-0.3, -0.25) is 19.3 Å². The highest BCUT2D eigenvalue weighted by Gasteiger charge is 2.29. The first-order valence-corrected chi connectivity index (χ1v) is 11.2. The fourth-order valence-electron chi connectivity index (χ4n) is 4.28. The van der Waals surface area contributed by atoms with Crippen molar-refractivity contribution in [3.05, 3.63) is 84.1 Å². The summed E-state index contributed by atoms with van der Waals surface area (Å²) in [6.07, 6.45) is 15.1. The molecule has 2 amide bonds. The van der Waals surface area contributed by atoms with Crippen LogP contribution in [0, 0.1) is 0 Å². The maximum absolute atomic E-state index is 12.7. The predicted octanol–water partition coefficient (Wildman–Crippen LogP) is 4.19. The SMILES string of the molecule is O=C1C=CC=C(C2=CN(CCCCCN3C(=O)CCCC3=O)C=CO2)C1c1ccccc1. The zero-order chi connectivity index (χ0) is 22.3. The van der Waals surface area contributed by atoms with E-state index in [4.69, 9.17) is 4.74 Å². The Labute approximate surface area is 188 Å². The van der Waals surface area contributed by atoms with Gasteiger partial charge in [0.15, 0.2) is 5.78 Å². The van der Waals surface area contributed by atoms with Gasteiger partial charge in [-0.25, -0.2) is 0 Å². The molecule has 1 aliphatic carbocycles. The Bertz CT molecular complexity index is 974. The molecule has 166 valence electrons. The zero-order valence-corrected chi connectivity index (χ0v) is 18.1. The normalized spacial score (nSPS) is 20.9. The van der Waals surface area contributed by atoms with Crippen LogP contribution in [0.15, 0.2) is 78.6 Å². The molecule has 1 unspecified atom stereocenters. The lowest BCUT2D eigenvalue weighted by Gasteiger charge is -2.27. The van der Waals surface area contributed by atoms with Gasteiger partial charge in [-0.2, -0.15) is 0 Å². The largest absolute Gasteiger partial charge is 0.462 e. The average Bonchev–Trinajstić information content (AvgIpc) is 2.81. The summed E-state index contributed by atoms with van der Waals surface area (Å²) in [6.45, 7) is 1.30. The van der Waals surface area contributed by atoms with Crippen molar-refractivity contribution in [1.82, 2.24) is 9.80 Å². The highest BCUT2D eigenvalue weighted by molar-refractivity contribution is 6.00. The van der Waals surface area contributed by atoms with Crippen molar-refractivity contribution in [2.45, 2.75) is 44.4 Å². The van der Waals surface area contributed by atoms with Gasteiger partial charge >= 0.3 is 0 Å². The number of hydrogen-bond donors (Lipinski definition) is 0. The second kappa shape index (κ2) is 10.3. The summed E-state index contributed by atoms with van der Waals surface area (Å²) in [7, 11) is 0. The number of ketones is 1. The summed E-state index contributed by atoms with van der Waals surface area (Å²) >= 11 is 0. The van der Waals surface area contributed by atoms with Gasteiger partial charge in [0.25, 0.3) is 0 Å². The molecule has 4 rings (SSSR count). The number of nitrogens with zero attached hydrogens (tertiary/aromatic N) is 2. The molecule has 0 radical (unpaired) electrons. The minimum atomic E-state index is -0.375. The van der Waals surface area contributed by atoms with Gasteiger partial charge < -0.3 is 9.64 Å². The van der Waals surface area contributed by atoms with Gasteiger partial charge in [0.2, 0.25) is 11.8 Å². The van der Waals surface area contributed by atoms with E-state index >= 15 is 0 Å². The summed E-state index contributed by atoms with van der Waals surface area (Å²) in [4.78, 5) is 39.9. The van der Waals surface area contributed by atoms with E-state index in [-0.39, 0.29) is 23.5 Å². The first kappa shape index (κ1) is 21.8. The number of piperidine rings is 1. The molecular weight excluding hydrogens is 404 g/mol. The number of benzene rings is 1. The van der Waals surface area contributed by atoms with E-state index in [1.165, 1.54) is 4.90 Å². The van der Waals surface area contributed by atoms with Crippen molar-refractivity contribution >= 4 is 17.6 Å². The van der Waals surface area contributed by atoms with Crippen molar-refractivity contribution in [2.75, 3.05) is 13.1 Å². The maximum atomic E-state index is 12.7.